The van der Waals surface area contributed by atoms with E-state index in [9.17, 15) is 0 Å². The molecule has 1 aromatic carbocycles. The Morgan fingerprint density at radius 2 is 1.60 bits per heavy atom. The quantitative estimate of drug-likeness (QED) is 0.729. The van der Waals surface area contributed by atoms with Crippen molar-refractivity contribution < 1.29 is 0 Å². The van der Waals surface area contributed by atoms with Crippen LogP contribution in [0.2, 0.25) is 0 Å². The van der Waals surface area contributed by atoms with Gasteiger partial charge in [0.05, 0.1) is 0 Å². The van der Waals surface area contributed by atoms with Crippen LogP contribution in [0.15, 0.2) is 18.2 Å². The molecule has 1 nitrogen and oxygen atoms in total. The SMILES string of the molecule is CCN(CC)C1CCc2ccc(C(C)(C)C)cc2CC1. The molecule has 112 valence electrons. The molecule has 0 aromatic heterocycles. The van der Waals surface area contributed by atoms with Crippen LogP contribution >= 0.6 is 0 Å². The summed E-state index contributed by atoms with van der Waals surface area (Å²) in [7, 11) is 0. The molecule has 0 radical (unpaired) electrons. The zero-order valence-corrected chi connectivity index (χ0v) is 14.0. The number of nitrogens with zero attached hydrogens (tertiary/aromatic N) is 1. The average Bonchev–Trinajstić information content (AvgIpc) is 2.62. The molecule has 0 saturated carbocycles. The van der Waals surface area contributed by atoms with Crippen LogP contribution in [0.4, 0.5) is 0 Å². The average molecular weight is 273 g/mol. The molecule has 0 bridgehead atoms. The van der Waals surface area contributed by atoms with Gasteiger partial charge in [0.1, 0.15) is 0 Å². The number of aryl methyl sites for hydroxylation is 2. The third-order valence-electron chi connectivity index (χ3n) is 4.89. The molecular weight excluding hydrogens is 242 g/mol. The smallest absolute Gasteiger partial charge is 0.0101 e. The first-order valence-corrected chi connectivity index (χ1v) is 8.32. The van der Waals surface area contributed by atoms with Crippen LogP contribution in [-0.4, -0.2) is 24.0 Å². The van der Waals surface area contributed by atoms with Gasteiger partial charge in [0, 0.05) is 6.04 Å². The van der Waals surface area contributed by atoms with Gasteiger partial charge >= 0.3 is 0 Å². The molecule has 1 aromatic rings. The summed E-state index contributed by atoms with van der Waals surface area (Å²) >= 11 is 0. The second kappa shape index (κ2) is 6.30. The summed E-state index contributed by atoms with van der Waals surface area (Å²) in [5, 5.41) is 0. The van der Waals surface area contributed by atoms with Crippen LogP contribution in [0.3, 0.4) is 0 Å². The van der Waals surface area contributed by atoms with E-state index >= 15 is 0 Å². The van der Waals surface area contributed by atoms with Crippen molar-refractivity contribution in [1.29, 1.82) is 0 Å². The lowest BCUT2D eigenvalue weighted by atomic mass is 9.84. The van der Waals surface area contributed by atoms with Crippen LogP contribution in [-0.2, 0) is 18.3 Å². The minimum Gasteiger partial charge on any atom is -0.301 e. The standard InChI is InChI=1S/C19H31N/c1-6-20(7-2)18-12-9-15-8-11-17(19(3,4)5)14-16(15)10-13-18/h8,11,14,18H,6-7,9-10,12-13H2,1-5H3. The fourth-order valence-corrected chi connectivity index (χ4v) is 3.46. The number of hydrogen-bond donors (Lipinski definition) is 0. The Morgan fingerprint density at radius 1 is 1.00 bits per heavy atom. The monoisotopic (exact) mass is 273 g/mol. The molecule has 1 unspecified atom stereocenters. The van der Waals surface area contributed by atoms with Gasteiger partial charge in [-0.2, -0.15) is 0 Å². The lowest BCUT2D eigenvalue weighted by Gasteiger charge is -2.28. The molecule has 1 aliphatic rings. The Kier molecular flexibility index (Phi) is 4.90. The van der Waals surface area contributed by atoms with Gasteiger partial charge in [0.15, 0.2) is 0 Å². The van der Waals surface area contributed by atoms with Gasteiger partial charge in [-0.25, -0.2) is 0 Å². The molecule has 1 aliphatic carbocycles. The molecule has 0 heterocycles. The van der Waals surface area contributed by atoms with Crippen molar-refractivity contribution in [2.75, 3.05) is 13.1 Å². The summed E-state index contributed by atoms with van der Waals surface area (Å²) < 4.78 is 0. The Bertz CT molecular complexity index is 438. The summed E-state index contributed by atoms with van der Waals surface area (Å²) in [6.45, 7) is 13.9. The summed E-state index contributed by atoms with van der Waals surface area (Å²) in [6.07, 6.45) is 5.15. The Balaban J connectivity index is 2.17. The van der Waals surface area contributed by atoms with E-state index in [4.69, 9.17) is 0 Å². The molecule has 20 heavy (non-hydrogen) atoms. The Hall–Kier alpha value is -0.820. The van der Waals surface area contributed by atoms with Gasteiger partial charge in [-0.15, -0.1) is 0 Å². The predicted molar refractivity (Wildman–Crippen MR) is 88.5 cm³/mol. The van der Waals surface area contributed by atoms with E-state index in [0.717, 1.165) is 6.04 Å². The number of rotatable bonds is 3. The van der Waals surface area contributed by atoms with Crippen LogP contribution in [0, 0.1) is 0 Å². The summed E-state index contributed by atoms with van der Waals surface area (Å²) in [5.41, 5.74) is 4.94. The predicted octanol–water partition coefficient (Wildman–Crippen LogP) is 4.57. The van der Waals surface area contributed by atoms with E-state index in [1.165, 1.54) is 44.3 Å². The van der Waals surface area contributed by atoms with Gasteiger partial charge in [-0.05, 0) is 60.9 Å². The third kappa shape index (κ3) is 3.44. The lowest BCUT2D eigenvalue weighted by molar-refractivity contribution is 0.199. The normalized spacial score (nSPS) is 19.8. The number of hydrogen-bond acceptors (Lipinski definition) is 1. The Labute approximate surface area is 125 Å². The number of fused-ring (bicyclic) bond motifs is 1. The molecule has 1 atom stereocenters. The van der Waals surface area contributed by atoms with E-state index in [2.05, 4.69) is 57.7 Å². The van der Waals surface area contributed by atoms with E-state index in [1.54, 1.807) is 11.1 Å². The fraction of sp³-hybridized carbons (Fsp3) is 0.684. The molecule has 0 N–H and O–H groups in total. The fourth-order valence-electron chi connectivity index (χ4n) is 3.46. The molecule has 0 spiro atoms. The zero-order valence-electron chi connectivity index (χ0n) is 14.0. The first-order valence-electron chi connectivity index (χ1n) is 8.32. The molecule has 2 rings (SSSR count). The van der Waals surface area contributed by atoms with Gasteiger partial charge in [-0.3, -0.25) is 0 Å². The summed E-state index contributed by atoms with van der Waals surface area (Å²) in [4.78, 5) is 2.64. The zero-order chi connectivity index (χ0) is 14.8. The Morgan fingerprint density at radius 3 is 2.15 bits per heavy atom. The number of benzene rings is 1. The highest BCUT2D eigenvalue weighted by Gasteiger charge is 2.22. The second-order valence-corrected chi connectivity index (χ2v) is 7.19. The highest BCUT2D eigenvalue weighted by atomic mass is 15.1. The first kappa shape index (κ1) is 15.6. The van der Waals surface area contributed by atoms with Crippen molar-refractivity contribution in [3.05, 3.63) is 34.9 Å². The molecule has 0 saturated heterocycles. The van der Waals surface area contributed by atoms with Crippen molar-refractivity contribution in [3.8, 4) is 0 Å². The van der Waals surface area contributed by atoms with E-state index < -0.39 is 0 Å². The topological polar surface area (TPSA) is 3.24 Å². The van der Waals surface area contributed by atoms with Crippen LogP contribution < -0.4 is 0 Å². The maximum absolute atomic E-state index is 2.64. The van der Waals surface area contributed by atoms with Crippen molar-refractivity contribution >= 4 is 0 Å². The largest absolute Gasteiger partial charge is 0.301 e. The maximum atomic E-state index is 2.64. The van der Waals surface area contributed by atoms with Crippen molar-refractivity contribution in [2.45, 2.75) is 71.8 Å². The van der Waals surface area contributed by atoms with Crippen molar-refractivity contribution in [3.63, 3.8) is 0 Å². The highest BCUT2D eigenvalue weighted by Crippen LogP contribution is 2.29. The van der Waals surface area contributed by atoms with Crippen molar-refractivity contribution in [2.24, 2.45) is 0 Å². The van der Waals surface area contributed by atoms with Gasteiger partial charge < -0.3 is 4.90 Å². The molecule has 0 fully saturated rings. The summed E-state index contributed by atoms with van der Waals surface area (Å²) in [6, 6.07) is 7.98. The van der Waals surface area contributed by atoms with Crippen LogP contribution in [0.1, 0.15) is 64.2 Å². The first-order chi connectivity index (χ1) is 9.45. The van der Waals surface area contributed by atoms with E-state index in [0.29, 0.717) is 0 Å². The van der Waals surface area contributed by atoms with Crippen LogP contribution in [0.5, 0.6) is 0 Å². The van der Waals surface area contributed by atoms with Gasteiger partial charge in [-0.1, -0.05) is 52.8 Å². The van der Waals surface area contributed by atoms with Crippen molar-refractivity contribution in [1.82, 2.24) is 4.90 Å². The molecule has 0 aliphatic heterocycles. The van der Waals surface area contributed by atoms with E-state index in [-0.39, 0.29) is 5.41 Å². The third-order valence-corrected chi connectivity index (χ3v) is 4.89. The minimum atomic E-state index is 0.264. The van der Waals surface area contributed by atoms with Gasteiger partial charge in [0.25, 0.3) is 0 Å². The lowest BCUT2D eigenvalue weighted by Crippen LogP contribution is -2.35. The molecule has 0 amide bonds. The molecule has 1 heteroatoms. The highest BCUT2D eigenvalue weighted by molar-refractivity contribution is 5.36. The summed E-state index contributed by atoms with van der Waals surface area (Å²) in [5.74, 6) is 0. The maximum Gasteiger partial charge on any atom is 0.0101 e. The van der Waals surface area contributed by atoms with Crippen LogP contribution in [0.25, 0.3) is 0 Å². The second-order valence-electron chi connectivity index (χ2n) is 7.19. The van der Waals surface area contributed by atoms with Gasteiger partial charge in [0.2, 0.25) is 0 Å². The van der Waals surface area contributed by atoms with E-state index in [1.807, 2.05) is 0 Å². The molecular formula is C19H31N. The minimum absolute atomic E-state index is 0.264.